The van der Waals surface area contributed by atoms with Crippen LogP contribution in [0.25, 0.3) is 5.57 Å². The summed E-state index contributed by atoms with van der Waals surface area (Å²) in [6.07, 6.45) is 16.2. The first-order chi connectivity index (χ1) is 14.5. The van der Waals surface area contributed by atoms with Gasteiger partial charge in [0.05, 0.1) is 0 Å². The van der Waals surface area contributed by atoms with E-state index in [1.165, 1.54) is 50.5 Å². The smallest absolute Gasteiger partial charge is 0.222 e. The number of pyridine rings is 1. The molecule has 1 aliphatic heterocycles. The number of nitrogens with zero attached hydrogens (tertiary/aromatic N) is 2. The monoisotopic (exact) mass is 406 g/mol. The second-order valence-corrected chi connectivity index (χ2v) is 11.0. The molecule has 1 aromatic heterocycles. The predicted octanol–water partition coefficient (Wildman–Crippen LogP) is 5.97. The summed E-state index contributed by atoms with van der Waals surface area (Å²) < 4.78 is 0. The van der Waals surface area contributed by atoms with E-state index in [4.69, 9.17) is 0 Å². The van der Waals surface area contributed by atoms with Crippen molar-refractivity contribution in [1.82, 2.24) is 9.88 Å². The first-order valence-electron chi connectivity index (χ1n) is 12.4. The van der Waals surface area contributed by atoms with E-state index >= 15 is 0 Å². The maximum absolute atomic E-state index is 12.5. The molecule has 6 unspecified atom stereocenters. The minimum atomic E-state index is 0.308. The Balaban J connectivity index is 1.40. The third kappa shape index (κ3) is 2.99. The maximum atomic E-state index is 12.5. The molecule has 0 radical (unpaired) electrons. The SMILES string of the molecule is CCC(=O)N1CCCC2(C)C(CCC3C4CC=C(c5cccnc5)C4(C)CCC32)C1. The van der Waals surface area contributed by atoms with Gasteiger partial charge in [0.25, 0.3) is 0 Å². The molecule has 1 amide bonds. The number of fused-ring (bicyclic) bond motifs is 5. The highest BCUT2D eigenvalue weighted by Gasteiger charge is 2.58. The number of hydrogen-bond donors (Lipinski definition) is 0. The Kier molecular flexibility index (Phi) is 5.07. The number of carbonyl (C=O) groups excluding carboxylic acids is 1. The normalized spacial score (nSPS) is 40.6. The van der Waals surface area contributed by atoms with Crippen molar-refractivity contribution in [3.63, 3.8) is 0 Å². The van der Waals surface area contributed by atoms with Crippen LogP contribution in [0.4, 0.5) is 0 Å². The highest BCUT2D eigenvalue weighted by molar-refractivity contribution is 5.76. The lowest BCUT2D eigenvalue weighted by Crippen LogP contribution is -2.52. The van der Waals surface area contributed by atoms with Crippen LogP contribution in [0.5, 0.6) is 0 Å². The van der Waals surface area contributed by atoms with Crippen LogP contribution in [-0.4, -0.2) is 28.9 Å². The van der Waals surface area contributed by atoms with Crippen molar-refractivity contribution in [3.8, 4) is 0 Å². The van der Waals surface area contributed by atoms with E-state index in [2.05, 4.69) is 48.1 Å². The second-order valence-electron chi connectivity index (χ2n) is 11.0. The van der Waals surface area contributed by atoms with Crippen molar-refractivity contribution in [1.29, 1.82) is 0 Å². The second kappa shape index (κ2) is 7.50. The number of amides is 1. The fourth-order valence-corrected chi connectivity index (χ4v) is 8.22. The summed E-state index contributed by atoms with van der Waals surface area (Å²) in [6.45, 7) is 9.14. The summed E-state index contributed by atoms with van der Waals surface area (Å²) in [5.41, 5.74) is 3.61. The van der Waals surface area contributed by atoms with Crippen molar-refractivity contribution in [2.45, 2.75) is 72.1 Å². The molecule has 1 aromatic rings. The summed E-state index contributed by atoms with van der Waals surface area (Å²) in [5, 5.41) is 0. The number of hydrogen-bond acceptors (Lipinski definition) is 2. The van der Waals surface area contributed by atoms with Gasteiger partial charge >= 0.3 is 0 Å². The van der Waals surface area contributed by atoms with E-state index in [0.717, 1.165) is 30.8 Å². The van der Waals surface area contributed by atoms with Gasteiger partial charge < -0.3 is 4.90 Å². The van der Waals surface area contributed by atoms with Crippen molar-refractivity contribution < 1.29 is 4.79 Å². The molecule has 2 heterocycles. The molecule has 0 aromatic carbocycles. The Morgan fingerprint density at radius 1 is 1.20 bits per heavy atom. The quantitative estimate of drug-likeness (QED) is 0.606. The molecular formula is C27H38N2O. The van der Waals surface area contributed by atoms with Gasteiger partial charge in [0.1, 0.15) is 0 Å². The van der Waals surface area contributed by atoms with Crippen LogP contribution in [0.3, 0.4) is 0 Å². The standard InChI is InChI=1S/C27H38N2O/c1-4-25(30)29-16-6-13-26(2)20(18-29)8-9-21-23-11-10-22(19-7-5-15-28-17-19)27(23,3)14-12-24(21)26/h5,7,10,15,17,20-21,23-24H,4,6,8-9,11-14,16,18H2,1-3H3. The maximum Gasteiger partial charge on any atom is 0.222 e. The van der Waals surface area contributed by atoms with Crippen molar-refractivity contribution in [3.05, 3.63) is 36.2 Å². The number of rotatable bonds is 2. The molecule has 5 rings (SSSR count). The van der Waals surface area contributed by atoms with Crippen LogP contribution >= 0.6 is 0 Å². The Hall–Kier alpha value is -1.64. The molecule has 3 nitrogen and oxygen atoms in total. The van der Waals surface area contributed by atoms with E-state index < -0.39 is 0 Å². The molecule has 0 bridgehead atoms. The number of likely N-dealkylation sites (tertiary alicyclic amines) is 1. The molecule has 3 heteroatoms. The fourth-order valence-electron chi connectivity index (χ4n) is 8.22. The van der Waals surface area contributed by atoms with Crippen molar-refractivity contribution in [2.24, 2.45) is 34.5 Å². The highest BCUT2D eigenvalue weighted by atomic mass is 16.2. The Morgan fingerprint density at radius 3 is 2.83 bits per heavy atom. The average molecular weight is 407 g/mol. The first kappa shape index (κ1) is 20.3. The summed E-state index contributed by atoms with van der Waals surface area (Å²) >= 11 is 0. The third-order valence-corrected chi connectivity index (χ3v) is 9.86. The van der Waals surface area contributed by atoms with E-state index in [9.17, 15) is 4.79 Å². The Morgan fingerprint density at radius 2 is 2.07 bits per heavy atom. The van der Waals surface area contributed by atoms with Crippen molar-refractivity contribution in [2.75, 3.05) is 13.1 Å². The lowest BCUT2D eigenvalue weighted by molar-refractivity contribution is -0.133. The van der Waals surface area contributed by atoms with E-state index in [-0.39, 0.29) is 0 Å². The zero-order chi connectivity index (χ0) is 20.9. The fraction of sp³-hybridized carbons (Fsp3) is 0.704. The van der Waals surface area contributed by atoms with Gasteiger partial charge in [-0.05, 0) is 96.7 Å². The number of aromatic nitrogens is 1. The largest absolute Gasteiger partial charge is 0.342 e. The van der Waals surface area contributed by atoms with E-state index in [1.54, 1.807) is 5.57 Å². The van der Waals surface area contributed by atoms with Crippen LogP contribution in [0.2, 0.25) is 0 Å². The van der Waals surface area contributed by atoms with Gasteiger partial charge in [0.2, 0.25) is 5.91 Å². The minimum absolute atomic E-state index is 0.308. The lowest BCUT2D eigenvalue weighted by Gasteiger charge is -2.59. The highest BCUT2D eigenvalue weighted by Crippen LogP contribution is 2.66. The number of carbonyl (C=O) groups is 1. The van der Waals surface area contributed by atoms with Gasteiger partial charge in [-0.3, -0.25) is 9.78 Å². The first-order valence-corrected chi connectivity index (χ1v) is 12.4. The summed E-state index contributed by atoms with van der Waals surface area (Å²) in [4.78, 5) is 19.1. The van der Waals surface area contributed by atoms with E-state index in [0.29, 0.717) is 29.1 Å². The van der Waals surface area contributed by atoms with Gasteiger partial charge in [-0.2, -0.15) is 0 Å². The molecule has 3 aliphatic carbocycles. The molecular weight excluding hydrogens is 368 g/mol. The molecule has 3 fully saturated rings. The predicted molar refractivity (Wildman–Crippen MR) is 122 cm³/mol. The summed E-state index contributed by atoms with van der Waals surface area (Å²) in [6, 6.07) is 4.33. The molecule has 30 heavy (non-hydrogen) atoms. The van der Waals surface area contributed by atoms with Crippen molar-refractivity contribution >= 4 is 11.5 Å². The lowest BCUT2D eigenvalue weighted by atomic mass is 9.46. The Bertz CT molecular complexity index is 833. The average Bonchev–Trinajstić information content (AvgIpc) is 3.01. The molecule has 162 valence electrons. The van der Waals surface area contributed by atoms with Gasteiger partial charge in [0, 0.05) is 31.9 Å². The third-order valence-electron chi connectivity index (χ3n) is 9.86. The van der Waals surface area contributed by atoms with Crippen LogP contribution in [0.15, 0.2) is 30.6 Å². The van der Waals surface area contributed by atoms with E-state index in [1.807, 2.05) is 13.1 Å². The number of allylic oxidation sites excluding steroid dienone is 2. The van der Waals surface area contributed by atoms with Crippen LogP contribution in [0.1, 0.15) is 77.7 Å². The molecule has 0 spiro atoms. The van der Waals surface area contributed by atoms with Gasteiger partial charge in [-0.1, -0.05) is 32.9 Å². The minimum Gasteiger partial charge on any atom is -0.342 e. The molecule has 4 aliphatic rings. The molecule has 2 saturated carbocycles. The zero-order valence-corrected chi connectivity index (χ0v) is 19.1. The summed E-state index contributed by atoms with van der Waals surface area (Å²) in [7, 11) is 0. The van der Waals surface area contributed by atoms with Gasteiger partial charge in [-0.25, -0.2) is 0 Å². The van der Waals surface area contributed by atoms with Gasteiger partial charge in [-0.15, -0.1) is 0 Å². The molecule has 0 N–H and O–H groups in total. The Labute approximate surface area is 182 Å². The van der Waals surface area contributed by atoms with Crippen LogP contribution < -0.4 is 0 Å². The van der Waals surface area contributed by atoms with Gasteiger partial charge in [0.15, 0.2) is 0 Å². The zero-order valence-electron chi connectivity index (χ0n) is 19.1. The van der Waals surface area contributed by atoms with Crippen LogP contribution in [-0.2, 0) is 4.79 Å². The summed E-state index contributed by atoms with van der Waals surface area (Å²) in [5.74, 6) is 3.49. The topological polar surface area (TPSA) is 33.2 Å². The molecule has 6 atom stereocenters. The molecule has 1 saturated heterocycles. The van der Waals surface area contributed by atoms with Crippen LogP contribution in [0, 0.1) is 34.5 Å².